The Labute approximate surface area is 189 Å². The summed E-state index contributed by atoms with van der Waals surface area (Å²) >= 11 is 0. The van der Waals surface area contributed by atoms with Crippen molar-refractivity contribution in [2.75, 3.05) is 19.6 Å². The standard InChI is InChI=1S/C19H29N5O2.C2HF3O2/c25-18-12-16(13-22-8-3-4-9-22)20-17-14-23(10-5-11-24(17)18)19(26)21-15-6-1-2-7-15;3-2(4,5)1(6)7/h12,15H,1-11,13-14H2,(H,21,26);(H,6,7). The predicted octanol–water partition coefficient (Wildman–Crippen LogP) is 2.33. The molecular weight excluding hydrogens is 443 g/mol. The second-order valence-electron chi connectivity index (χ2n) is 8.65. The highest BCUT2D eigenvalue weighted by atomic mass is 19.4. The minimum absolute atomic E-state index is 0.00968. The molecule has 1 aromatic rings. The molecule has 1 aliphatic carbocycles. The summed E-state index contributed by atoms with van der Waals surface area (Å²) in [5.74, 6) is -2.03. The molecule has 2 amide bonds. The zero-order valence-corrected chi connectivity index (χ0v) is 18.4. The maximum atomic E-state index is 12.7. The highest BCUT2D eigenvalue weighted by molar-refractivity contribution is 5.74. The Hall–Kier alpha value is -2.63. The molecule has 9 nitrogen and oxygen atoms in total. The van der Waals surface area contributed by atoms with Crippen molar-refractivity contribution < 1.29 is 27.9 Å². The lowest BCUT2D eigenvalue weighted by Gasteiger charge is -2.23. The summed E-state index contributed by atoms with van der Waals surface area (Å²) < 4.78 is 33.5. The van der Waals surface area contributed by atoms with Crippen molar-refractivity contribution in [3.63, 3.8) is 0 Å². The van der Waals surface area contributed by atoms with E-state index < -0.39 is 12.1 Å². The number of urea groups is 1. The van der Waals surface area contributed by atoms with E-state index >= 15 is 0 Å². The number of aliphatic carboxylic acids is 1. The number of likely N-dealkylation sites (tertiary alicyclic amines) is 1. The number of nitrogens with one attached hydrogen (secondary N) is 1. The molecule has 0 radical (unpaired) electrons. The van der Waals surface area contributed by atoms with E-state index in [-0.39, 0.29) is 11.6 Å². The van der Waals surface area contributed by atoms with Gasteiger partial charge in [-0.15, -0.1) is 0 Å². The van der Waals surface area contributed by atoms with E-state index in [0.29, 0.717) is 25.7 Å². The number of fused-ring (bicyclic) bond motifs is 1. The molecule has 0 unspecified atom stereocenters. The SMILES string of the molecule is O=C(NC1CCCC1)N1CCCn2c(nc(CN3CCCC3)cc2=O)C1.O=C(O)C(F)(F)F. The third-order valence-electron chi connectivity index (χ3n) is 6.08. The number of halogens is 3. The number of carboxylic acids is 1. The fraction of sp³-hybridized carbons (Fsp3) is 0.714. The van der Waals surface area contributed by atoms with Crippen molar-refractivity contribution in [2.45, 2.75) is 76.8 Å². The number of carbonyl (C=O) groups is 2. The number of carboxylic acid groups (broad SMARTS) is 1. The van der Waals surface area contributed by atoms with Crippen LogP contribution in [0.1, 0.15) is 56.5 Å². The molecule has 4 rings (SSSR count). The fourth-order valence-corrected chi connectivity index (χ4v) is 4.40. The second kappa shape index (κ2) is 11.0. The van der Waals surface area contributed by atoms with Gasteiger partial charge in [0, 0.05) is 31.7 Å². The quantitative estimate of drug-likeness (QED) is 0.698. The normalized spacial score (nSPS) is 19.4. The first-order valence-corrected chi connectivity index (χ1v) is 11.3. The highest BCUT2D eigenvalue weighted by Crippen LogP contribution is 2.19. The molecule has 1 saturated heterocycles. The summed E-state index contributed by atoms with van der Waals surface area (Å²) in [6.07, 6.45) is 2.70. The van der Waals surface area contributed by atoms with E-state index in [2.05, 4.69) is 10.2 Å². The van der Waals surface area contributed by atoms with E-state index in [1.165, 1.54) is 25.7 Å². The molecule has 0 aromatic carbocycles. The molecule has 2 N–H and O–H groups in total. The van der Waals surface area contributed by atoms with Crippen molar-refractivity contribution in [2.24, 2.45) is 0 Å². The molecule has 184 valence electrons. The van der Waals surface area contributed by atoms with Crippen LogP contribution in [0.4, 0.5) is 18.0 Å². The highest BCUT2D eigenvalue weighted by Gasteiger charge is 2.38. The lowest BCUT2D eigenvalue weighted by molar-refractivity contribution is -0.192. The molecule has 12 heteroatoms. The summed E-state index contributed by atoms with van der Waals surface area (Å²) in [5, 5.41) is 10.3. The Balaban J connectivity index is 0.000000383. The smallest absolute Gasteiger partial charge is 0.475 e. The summed E-state index contributed by atoms with van der Waals surface area (Å²) in [6, 6.07) is 1.97. The summed E-state index contributed by atoms with van der Waals surface area (Å²) in [7, 11) is 0. The van der Waals surface area contributed by atoms with Gasteiger partial charge in [-0.05, 0) is 45.2 Å². The molecule has 0 spiro atoms. The maximum absolute atomic E-state index is 12.7. The van der Waals surface area contributed by atoms with Crippen molar-refractivity contribution in [3.8, 4) is 0 Å². The maximum Gasteiger partial charge on any atom is 0.490 e. The summed E-state index contributed by atoms with van der Waals surface area (Å²) in [6.45, 7) is 4.62. The first kappa shape index (κ1) is 25.0. The van der Waals surface area contributed by atoms with E-state index in [4.69, 9.17) is 14.9 Å². The topological polar surface area (TPSA) is 108 Å². The van der Waals surface area contributed by atoms with Gasteiger partial charge in [-0.25, -0.2) is 14.6 Å². The largest absolute Gasteiger partial charge is 0.490 e. The van der Waals surface area contributed by atoms with Gasteiger partial charge in [-0.2, -0.15) is 13.2 Å². The fourth-order valence-electron chi connectivity index (χ4n) is 4.40. The van der Waals surface area contributed by atoms with Gasteiger partial charge >= 0.3 is 18.2 Å². The molecule has 2 fully saturated rings. The molecule has 33 heavy (non-hydrogen) atoms. The van der Waals surface area contributed by atoms with Crippen LogP contribution < -0.4 is 10.9 Å². The van der Waals surface area contributed by atoms with Crippen molar-refractivity contribution in [1.82, 2.24) is 24.7 Å². The number of aromatic nitrogens is 2. The van der Waals surface area contributed by atoms with Crippen LogP contribution in [0.3, 0.4) is 0 Å². The van der Waals surface area contributed by atoms with Crippen LogP contribution in [-0.4, -0.2) is 68.3 Å². The van der Waals surface area contributed by atoms with E-state index in [1.807, 2.05) is 4.90 Å². The molecule has 0 atom stereocenters. The van der Waals surface area contributed by atoms with Gasteiger partial charge in [0.25, 0.3) is 5.56 Å². The Kier molecular flexibility index (Phi) is 8.33. The monoisotopic (exact) mass is 473 g/mol. The van der Waals surface area contributed by atoms with Gasteiger partial charge in [-0.3, -0.25) is 14.3 Å². The summed E-state index contributed by atoms with van der Waals surface area (Å²) in [4.78, 5) is 43.0. The minimum atomic E-state index is -5.08. The van der Waals surface area contributed by atoms with Crippen LogP contribution in [0.15, 0.2) is 10.9 Å². The number of carbonyl (C=O) groups excluding carboxylic acids is 1. The Morgan fingerprint density at radius 2 is 1.70 bits per heavy atom. The second-order valence-corrected chi connectivity index (χ2v) is 8.65. The van der Waals surface area contributed by atoms with Gasteiger partial charge in [0.15, 0.2) is 0 Å². The van der Waals surface area contributed by atoms with Crippen LogP contribution in [0.25, 0.3) is 0 Å². The number of alkyl halides is 3. The Morgan fingerprint density at radius 1 is 1.06 bits per heavy atom. The van der Waals surface area contributed by atoms with Crippen molar-refractivity contribution >= 4 is 12.0 Å². The van der Waals surface area contributed by atoms with E-state index in [0.717, 1.165) is 50.4 Å². The van der Waals surface area contributed by atoms with Gasteiger partial charge in [0.1, 0.15) is 5.82 Å². The lowest BCUT2D eigenvalue weighted by Crippen LogP contribution is -2.44. The van der Waals surface area contributed by atoms with Crippen LogP contribution >= 0.6 is 0 Å². The molecule has 3 heterocycles. The average Bonchev–Trinajstić information content (AvgIpc) is 3.38. The Bertz CT molecular complexity index is 893. The number of hydrogen-bond acceptors (Lipinski definition) is 5. The van der Waals surface area contributed by atoms with Crippen molar-refractivity contribution in [1.29, 1.82) is 0 Å². The third-order valence-corrected chi connectivity index (χ3v) is 6.08. The lowest BCUT2D eigenvalue weighted by atomic mass is 10.2. The van der Waals surface area contributed by atoms with Crippen LogP contribution in [0.5, 0.6) is 0 Å². The predicted molar refractivity (Wildman–Crippen MR) is 113 cm³/mol. The van der Waals surface area contributed by atoms with Gasteiger partial charge in [-0.1, -0.05) is 12.8 Å². The molecule has 3 aliphatic rings. The minimum Gasteiger partial charge on any atom is -0.475 e. The average molecular weight is 473 g/mol. The van der Waals surface area contributed by atoms with Crippen molar-refractivity contribution in [3.05, 3.63) is 27.9 Å². The van der Waals surface area contributed by atoms with Gasteiger partial charge in [0.05, 0.1) is 12.2 Å². The third kappa shape index (κ3) is 7.18. The van der Waals surface area contributed by atoms with E-state index in [1.54, 1.807) is 10.6 Å². The van der Waals surface area contributed by atoms with Gasteiger partial charge in [0.2, 0.25) is 0 Å². The summed E-state index contributed by atoms with van der Waals surface area (Å²) in [5.41, 5.74) is 0.850. The van der Waals surface area contributed by atoms with E-state index in [9.17, 15) is 22.8 Å². The number of nitrogens with zero attached hydrogens (tertiary/aromatic N) is 4. The molecule has 1 saturated carbocycles. The zero-order chi connectivity index (χ0) is 24.0. The Morgan fingerprint density at radius 3 is 2.30 bits per heavy atom. The molecule has 2 aliphatic heterocycles. The number of rotatable bonds is 3. The molecule has 1 aromatic heterocycles. The molecule has 0 bridgehead atoms. The number of hydrogen-bond donors (Lipinski definition) is 2. The van der Waals surface area contributed by atoms with Crippen LogP contribution in [0, 0.1) is 0 Å². The van der Waals surface area contributed by atoms with Crippen LogP contribution in [-0.2, 0) is 24.4 Å². The number of amides is 2. The first-order chi connectivity index (χ1) is 15.6. The van der Waals surface area contributed by atoms with Crippen LogP contribution in [0.2, 0.25) is 0 Å². The molecular formula is C21H30F3N5O4. The zero-order valence-electron chi connectivity index (χ0n) is 18.4. The van der Waals surface area contributed by atoms with Gasteiger partial charge < -0.3 is 15.3 Å². The first-order valence-electron chi connectivity index (χ1n) is 11.3.